The Labute approximate surface area is 186 Å². The highest BCUT2D eigenvalue weighted by Crippen LogP contribution is 2.30. The summed E-state index contributed by atoms with van der Waals surface area (Å²) in [6.07, 6.45) is -1.68. The molecule has 0 spiro atoms. The topological polar surface area (TPSA) is 150 Å². The number of hydrogen-bond acceptors (Lipinski definition) is 10. The quantitative estimate of drug-likeness (QED) is 0.175. The van der Waals surface area contributed by atoms with Gasteiger partial charge >= 0.3 is 5.97 Å². The molecule has 11 nitrogen and oxygen atoms in total. The van der Waals surface area contributed by atoms with Gasteiger partial charge in [0.2, 0.25) is 0 Å². The number of benzene rings is 1. The molecular formula is C21H32N2O9. The molecule has 0 aliphatic heterocycles. The first-order valence-electron chi connectivity index (χ1n) is 10.4. The van der Waals surface area contributed by atoms with Crippen LogP contribution in [-0.2, 0) is 31.9 Å². The van der Waals surface area contributed by atoms with E-state index in [1.54, 1.807) is 6.07 Å². The minimum absolute atomic E-state index is 0.0638. The molecule has 0 amide bonds. The predicted molar refractivity (Wildman–Crippen MR) is 113 cm³/mol. The van der Waals surface area contributed by atoms with Crippen molar-refractivity contribution in [3.8, 4) is 5.75 Å². The van der Waals surface area contributed by atoms with E-state index in [2.05, 4.69) is 10.2 Å². The maximum atomic E-state index is 12.1. The van der Waals surface area contributed by atoms with Gasteiger partial charge in [-0.25, -0.2) is 4.79 Å². The summed E-state index contributed by atoms with van der Waals surface area (Å²) >= 11 is 0. The van der Waals surface area contributed by atoms with Gasteiger partial charge in [-0.2, -0.15) is 0 Å². The Morgan fingerprint density at radius 1 is 1.25 bits per heavy atom. The summed E-state index contributed by atoms with van der Waals surface area (Å²) in [5.41, 5.74) is 1.52. The van der Waals surface area contributed by atoms with Crippen LogP contribution in [0.4, 0.5) is 0 Å². The molecule has 1 aliphatic rings. The molecule has 1 aromatic rings. The van der Waals surface area contributed by atoms with Gasteiger partial charge in [0.25, 0.3) is 5.09 Å². The van der Waals surface area contributed by atoms with Gasteiger partial charge in [0.05, 0.1) is 18.8 Å². The van der Waals surface area contributed by atoms with E-state index in [0.717, 1.165) is 11.1 Å². The van der Waals surface area contributed by atoms with E-state index < -0.39 is 29.4 Å². The zero-order valence-corrected chi connectivity index (χ0v) is 18.6. The summed E-state index contributed by atoms with van der Waals surface area (Å²) in [4.78, 5) is 26.3. The van der Waals surface area contributed by atoms with Gasteiger partial charge < -0.3 is 34.6 Å². The van der Waals surface area contributed by atoms with Crippen LogP contribution in [0.5, 0.6) is 5.75 Å². The van der Waals surface area contributed by atoms with E-state index in [9.17, 15) is 25.1 Å². The number of nitrogens with one attached hydrogen (secondary N) is 1. The molecule has 3 N–H and O–H groups in total. The molecule has 2 rings (SSSR count). The van der Waals surface area contributed by atoms with Crippen LogP contribution in [0.25, 0.3) is 0 Å². The Hall–Kier alpha value is -2.47. The first-order chi connectivity index (χ1) is 15.0. The second-order valence-electron chi connectivity index (χ2n) is 8.60. The molecule has 32 heavy (non-hydrogen) atoms. The number of hydrogen-bond donors (Lipinski definition) is 3. The number of rotatable bonds is 12. The molecule has 0 saturated heterocycles. The molecule has 1 unspecified atom stereocenters. The van der Waals surface area contributed by atoms with Gasteiger partial charge in [-0.1, -0.05) is 12.1 Å². The second-order valence-corrected chi connectivity index (χ2v) is 8.60. The number of aliphatic hydroxyl groups is 2. The summed E-state index contributed by atoms with van der Waals surface area (Å²) in [6, 6.07) is 5.47. The third kappa shape index (κ3) is 8.95. The lowest BCUT2D eigenvalue weighted by molar-refractivity contribution is -0.758. The van der Waals surface area contributed by atoms with Crippen molar-refractivity contribution in [3.05, 3.63) is 39.4 Å². The molecule has 3 atom stereocenters. The van der Waals surface area contributed by atoms with E-state index in [-0.39, 0.29) is 38.4 Å². The fourth-order valence-corrected chi connectivity index (χ4v) is 3.16. The molecule has 0 aromatic heterocycles. The monoisotopic (exact) mass is 456 g/mol. The Bertz CT molecular complexity index is 766. The van der Waals surface area contributed by atoms with E-state index in [1.807, 2.05) is 32.9 Å². The lowest BCUT2D eigenvalue weighted by Gasteiger charge is -2.29. The standard InChI is InChI=1S/C21H32N2O9/c1-21(2,3)22-11-15(32-20(26)13-29-7-8-31-23(27)28)12-30-19-6-4-5-14-9-17(24)18(25)10-16(14)19/h4-6,15,17-18,22,24-25H,7-13H2,1-3H3/t15?,17-,18+/m0/s1. The van der Waals surface area contributed by atoms with Gasteiger partial charge in [-0.15, -0.1) is 10.1 Å². The molecule has 1 aliphatic carbocycles. The number of esters is 1. The number of fused-ring (bicyclic) bond motifs is 1. The van der Waals surface area contributed by atoms with Crippen molar-refractivity contribution in [1.82, 2.24) is 5.32 Å². The zero-order chi connectivity index (χ0) is 23.7. The number of nitrogens with zero attached hydrogens (tertiary/aromatic N) is 1. The highest BCUT2D eigenvalue weighted by Gasteiger charge is 2.28. The fraction of sp³-hybridized carbons (Fsp3) is 0.667. The van der Waals surface area contributed by atoms with Crippen LogP contribution in [0.15, 0.2) is 18.2 Å². The lowest BCUT2D eigenvalue weighted by atomic mass is 9.87. The zero-order valence-electron chi connectivity index (χ0n) is 18.6. The van der Waals surface area contributed by atoms with Crippen LogP contribution < -0.4 is 10.1 Å². The highest BCUT2D eigenvalue weighted by atomic mass is 17.0. The smallest absolute Gasteiger partial charge is 0.332 e. The van der Waals surface area contributed by atoms with Crippen molar-refractivity contribution >= 4 is 5.97 Å². The maximum Gasteiger partial charge on any atom is 0.332 e. The van der Waals surface area contributed by atoms with Gasteiger partial charge in [0, 0.05) is 30.5 Å². The normalized spacial score (nSPS) is 19.0. The first-order valence-corrected chi connectivity index (χ1v) is 10.4. The SMILES string of the molecule is CC(C)(C)NCC(COc1cccc2c1C[C@@H](O)[C@@H](O)C2)OC(=O)COCCO[N+](=O)[O-]. The lowest BCUT2D eigenvalue weighted by Crippen LogP contribution is -2.44. The van der Waals surface area contributed by atoms with Crippen LogP contribution in [0, 0.1) is 10.1 Å². The van der Waals surface area contributed by atoms with E-state index in [0.29, 0.717) is 18.7 Å². The average Bonchev–Trinajstić information content (AvgIpc) is 2.70. The Morgan fingerprint density at radius 3 is 2.66 bits per heavy atom. The van der Waals surface area contributed by atoms with Crippen molar-refractivity contribution in [2.75, 3.05) is 33.0 Å². The van der Waals surface area contributed by atoms with Crippen molar-refractivity contribution in [3.63, 3.8) is 0 Å². The molecule has 0 heterocycles. The minimum Gasteiger partial charge on any atom is -0.489 e. The highest BCUT2D eigenvalue weighted by molar-refractivity contribution is 5.70. The van der Waals surface area contributed by atoms with Gasteiger partial charge in [-0.3, -0.25) is 0 Å². The Balaban J connectivity index is 1.94. The van der Waals surface area contributed by atoms with Crippen molar-refractivity contribution < 1.29 is 39.1 Å². The molecule has 11 heteroatoms. The molecular weight excluding hydrogens is 424 g/mol. The molecule has 1 aromatic carbocycles. The number of carbonyl (C=O) groups excluding carboxylic acids is 1. The number of carbonyl (C=O) groups is 1. The third-order valence-electron chi connectivity index (χ3n) is 4.74. The second kappa shape index (κ2) is 12.0. The summed E-state index contributed by atoms with van der Waals surface area (Å²) in [5.74, 6) is -0.0671. The van der Waals surface area contributed by atoms with E-state index >= 15 is 0 Å². The first kappa shape index (κ1) is 25.8. The van der Waals surface area contributed by atoms with Gasteiger partial charge in [0.15, 0.2) is 0 Å². The van der Waals surface area contributed by atoms with Crippen molar-refractivity contribution in [1.29, 1.82) is 0 Å². The van der Waals surface area contributed by atoms with Crippen LogP contribution in [0.2, 0.25) is 0 Å². The van der Waals surface area contributed by atoms with Crippen LogP contribution in [0.3, 0.4) is 0 Å². The van der Waals surface area contributed by atoms with Crippen molar-refractivity contribution in [2.45, 2.75) is 57.5 Å². The van der Waals surface area contributed by atoms with Crippen molar-refractivity contribution in [2.24, 2.45) is 0 Å². The van der Waals surface area contributed by atoms with Gasteiger partial charge in [-0.05, 0) is 32.4 Å². The molecule has 180 valence electrons. The average molecular weight is 456 g/mol. The number of aliphatic hydroxyl groups excluding tert-OH is 2. The molecule has 0 fully saturated rings. The van der Waals surface area contributed by atoms with Crippen LogP contribution in [0.1, 0.15) is 31.9 Å². The van der Waals surface area contributed by atoms with Crippen LogP contribution in [-0.4, -0.2) is 78.1 Å². The summed E-state index contributed by atoms with van der Waals surface area (Å²) in [6.45, 7) is 5.55. The summed E-state index contributed by atoms with van der Waals surface area (Å²) in [5, 5.41) is 32.3. The predicted octanol–water partition coefficient (Wildman–Crippen LogP) is 0.411. The van der Waals surface area contributed by atoms with Gasteiger partial charge in [0.1, 0.15) is 31.7 Å². The molecule has 0 bridgehead atoms. The number of ether oxygens (including phenoxy) is 3. The fourth-order valence-electron chi connectivity index (χ4n) is 3.16. The Morgan fingerprint density at radius 2 is 1.97 bits per heavy atom. The maximum absolute atomic E-state index is 12.1. The minimum atomic E-state index is -0.935. The summed E-state index contributed by atoms with van der Waals surface area (Å²) in [7, 11) is 0. The molecule has 0 radical (unpaired) electrons. The van der Waals surface area contributed by atoms with E-state index in [4.69, 9.17) is 14.2 Å². The Kier molecular flexibility index (Phi) is 9.63. The van der Waals surface area contributed by atoms with E-state index in [1.165, 1.54) is 0 Å². The third-order valence-corrected chi connectivity index (χ3v) is 4.74. The largest absolute Gasteiger partial charge is 0.489 e. The summed E-state index contributed by atoms with van der Waals surface area (Å²) < 4.78 is 16.4. The van der Waals surface area contributed by atoms with Crippen LogP contribution >= 0.6 is 0 Å². The molecule has 0 saturated carbocycles.